The van der Waals surface area contributed by atoms with Gasteiger partial charge in [-0.15, -0.1) is 0 Å². The van der Waals surface area contributed by atoms with Crippen LogP contribution < -0.4 is 0 Å². The monoisotopic (exact) mass is 280 g/mol. The highest BCUT2D eigenvalue weighted by molar-refractivity contribution is 5.36. The molecule has 0 heterocycles. The quantitative estimate of drug-likeness (QED) is 0.852. The Morgan fingerprint density at radius 3 is 2.76 bits per heavy atom. The largest absolute Gasteiger partial charge is 0.388 e. The summed E-state index contributed by atoms with van der Waals surface area (Å²) in [5.41, 5.74) is 6.51. The van der Waals surface area contributed by atoms with Crippen molar-refractivity contribution in [2.45, 2.75) is 51.6 Å². The van der Waals surface area contributed by atoms with E-state index in [0.29, 0.717) is 5.92 Å². The molecule has 2 aromatic carbocycles. The van der Waals surface area contributed by atoms with E-state index in [9.17, 15) is 5.11 Å². The molecule has 110 valence electrons. The summed E-state index contributed by atoms with van der Waals surface area (Å²) >= 11 is 0. The van der Waals surface area contributed by atoms with Gasteiger partial charge in [0.15, 0.2) is 0 Å². The number of benzene rings is 2. The molecule has 1 N–H and O–H groups in total. The maximum Gasteiger partial charge on any atom is 0.0798 e. The fourth-order valence-electron chi connectivity index (χ4n) is 3.63. The van der Waals surface area contributed by atoms with E-state index in [4.69, 9.17) is 0 Å². The molecule has 0 aliphatic heterocycles. The highest BCUT2D eigenvalue weighted by Gasteiger charge is 2.23. The Morgan fingerprint density at radius 2 is 1.90 bits per heavy atom. The smallest absolute Gasteiger partial charge is 0.0798 e. The zero-order valence-electron chi connectivity index (χ0n) is 13.0. The molecule has 1 aliphatic carbocycles. The van der Waals surface area contributed by atoms with Crippen molar-refractivity contribution < 1.29 is 5.11 Å². The minimum atomic E-state index is -0.360. The summed E-state index contributed by atoms with van der Waals surface area (Å²) in [6.45, 7) is 4.23. The lowest BCUT2D eigenvalue weighted by Crippen LogP contribution is -2.13. The van der Waals surface area contributed by atoms with Crippen LogP contribution in [0.25, 0.3) is 0 Å². The number of hydrogen-bond acceptors (Lipinski definition) is 1. The lowest BCUT2D eigenvalue weighted by Gasteiger charge is -2.28. The number of aliphatic hydroxyl groups is 1. The third kappa shape index (κ3) is 2.89. The fourth-order valence-corrected chi connectivity index (χ4v) is 3.63. The van der Waals surface area contributed by atoms with Crippen LogP contribution in [-0.2, 0) is 6.42 Å². The van der Waals surface area contributed by atoms with Crippen molar-refractivity contribution in [1.29, 1.82) is 0 Å². The number of fused-ring (bicyclic) bond motifs is 1. The van der Waals surface area contributed by atoms with Crippen molar-refractivity contribution in [3.05, 3.63) is 70.3 Å². The summed E-state index contributed by atoms with van der Waals surface area (Å²) in [5.74, 6) is 0.491. The third-order valence-corrected chi connectivity index (χ3v) is 5.01. The van der Waals surface area contributed by atoms with Crippen LogP contribution in [0.3, 0.4) is 0 Å². The van der Waals surface area contributed by atoms with Crippen molar-refractivity contribution in [2.75, 3.05) is 0 Å². The maximum absolute atomic E-state index is 10.7. The molecule has 0 fully saturated rings. The number of rotatable bonds is 3. The standard InChI is InChI=1S/C20H24O/c1-14-7-5-12-18(15(14)2)20(21)13-17-10-6-9-16-8-3-4-11-19(16)17/h3-5,7-8,11-12,17,20-21H,6,9-10,13H2,1-2H3. The van der Waals surface area contributed by atoms with Gasteiger partial charge in [-0.25, -0.2) is 0 Å². The van der Waals surface area contributed by atoms with Crippen molar-refractivity contribution in [1.82, 2.24) is 0 Å². The van der Waals surface area contributed by atoms with Gasteiger partial charge in [0.1, 0.15) is 0 Å². The number of hydrogen-bond donors (Lipinski definition) is 1. The second-order valence-electron chi connectivity index (χ2n) is 6.33. The van der Waals surface area contributed by atoms with Crippen molar-refractivity contribution in [3.63, 3.8) is 0 Å². The van der Waals surface area contributed by atoms with Crippen LogP contribution in [0.15, 0.2) is 42.5 Å². The summed E-state index contributed by atoms with van der Waals surface area (Å²) in [6.07, 6.45) is 4.09. The van der Waals surface area contributed by atoms with Gasteiger partial charge in [-0.05, 0) is 73.3 Å². The van der Waals surface area contributed by atoms with E-state index in [1.807, 2.05) is 0 Å². The molecule has 21 heavy (non-hydrogen) atoms. The number of aryl methyl sites for hydroxylation is 2. The molecule has 0 radical (unpaired) electrons. The molecular weight excluding hydrogens is 256 g/mol. The van der Waals surface area contributed by atoms with Gasteiger partial charge < -0.3 is 5.11 Å². The first kappa shape index (κ1) is 14.3. The molecule has 0 saturated carbocycles. The van der Waals surface area contributed by atoms with Gasteiger partial charge in [0.2, 0.25) is 0 Å². The van der Waals surface area contributed by atoms with Gasteiger partial charge in [0, 0.05) is 0 Å². The average Bonchev–Trinajstić information content (AvgIpc) is 2.50. The number of aliphatic hydroxyl groups excluding tert-OH is 1. The molecule has 3 rings (SSSR count). The van der Waals surface area contributed by atoms with Gasteiger partial charge in [-0.3, -0.25) is 0 Å². The summed E-state index contributed by atoms with van der Waals surface area (Å²) < 4.78 is 0. The van der Waals surface area contributed by atoms with Crippen molar-refractivity contribution >= 4 is 0 Å². The Kier molecular flexibility index (Phi) is 4.12. The van der Waals surface area contributed by atoms with Crippen molar-refractivity contribution in [3.8, 4) is 0 Å². The first-order valence-corrected chi connectivity index (χ1v) is 7.99. The molecule has 1 heteroatoms. The van der Waals surface area contributed by atoms with Gasteiger partial charge in [0.25, 0.3) is 0 Å². The Balaban J connectivity index is 1.83. The lowest BCUT2D eigenvalue weighted by atomic mass is 9.79. The van der Waals surface area contributed by atoms with E-state index in [1.54, 1.807) is 0 Å². The molecule has 2 aromatic rings. The fraction of sp³-hybridized carbons (Fsp3) is 0.400. The molecule has 0 aromatic heterocycles. The van der Waals surface area contributed by atoms with Crippen LogP contribution >= 0.6 is 0 Å². The van der Waals surface area contributed by atoms with Gasteiger partial charge in [0.05, 0.1) is 6.10 Å². The minimum Gasteiger partial charge on any atom is -0.388 e. The molecule has 2 unspecified atom stereocenters. The first-order chi connectivity index (χ1) is 10.2. The van der Waals surface area contributed by atoms with Gasteiger partial charge in [-0.2, -0.15) is 0 Å². The molecule has 0 amide bonds. The topological polar surface area (TPSA) is 20.2 Å². The summed E-state index contributed by atoms with van der Waals surface area (Å²) in [4.78, 5) is 0. The van der Waals surface area contributed by atoms with Gasteiger partial charge in [-0.1, -0.05) is 42.5 Å². The lowest BCUT2D eigenvalue weighted by molar-refractivity contribution is 0.153. The summed E-state index contributed by atoms with van der Waals surface area (Å²) in [7, 11) is 0. The van der Waals surface area contributed by atoms with Crippen LogP contribution in [0.5, 0.6) is 0 Å². The molecule has 1 aliphatic rings. The third-order valence-electron chi connectivity index (χ3n) is 5.01. The van der Waals surface area contributed by atoms with E-state index in [-0.39, 0.29) is 6.10 Å². The van der Waals surface area contributed by atoms with E-state index in [1.165, 1.54) is 41.5 Å². The van der Waals surface area contributed by atoms with Crippen LogP contribution in [0.1, 0.15) is 59.1 Å². The maximum atomic E-state index is 10.7. The molecule has 0 bridgehead atoms. The normalized spacial score (nSPS) is 19.1. The Labute approximate surface area is 127 Å². The van der Waals surface area contributed by atoms with E-state index in [2.05, 4.69) is 56.3 Å². The van der Waals surface area contributed by atoms with E-state index in [0.717, 1.165) is 12.0 Å². The zero-order valence-corrected chi connectivity index (χ0v) is 13.0. The average molecular weight is 280 g/mol. The Bertz CT molecular complexity index is 629. The van der Waals surface area contributed by atoms with Crippen LogP contribution in [0, 0.1) is 13.8 Å². The van der Waals surface area contributed by atoms with E-state index < -0.39 is 0 Å². The predicted octanol–water partition coefficient (Wildman–Crippen LogP) is 4.85. The summed E-state index contributed by atoms with van der Waals surface area (Å²) in [6, 6.07) is 15.0. The second kappa shape index (κ2) is 6.03. The summed E-state index contributed by atoms with van der Waals surface area (Å²) in [5, 5.41) is 10.7. The molecule has 1 nitrogen and oxygen atoms in total. The van der Waals surface area contributed by atoms with Crippen molar-refractivity contribution in [2.24, 2.45) is 0 Å². The Hall–Kier alpha value is -1.60. The van der Waals surface area contributed by atoms with Crippen LogP contribution in [0.4, 0.5) is 0 Å². The highest BCUT2D eigenvalue weighted by Crippen LogP contribution is 2.38. The van der Waals surface area contributed by atoms with E-state index >= 15 is 0 Å². The van der Waals surface area contributed by atoms with Crippen LogP contribution in [0.2, 0.25) is 0 Å². The SMILES string of the molecule is Cc1cccc(C(O)CC2CCCc3ccccc32)c1C. The molecule has 2 atom stereocenters. The molecule has 0 spiro atoms. The highest BCUT2D eigenvalue weighted by atomic mass is 16.3. The minimum absolute atomic E-state index is 0.360. The van der Waals surface area contributed by atoms with Crippen LogP contribution in [-0.4, -0.2) is 5.11 Å². The van der Waals surface area contributed by atoms with Gasteiger partial charge >= 0.3 is 0 Å². The predicted molar refractivity (Wildman–Crippen MR) is 87.6 cm³/mol. The zero-order chi connectivity index (χ0) is 14.8. The Morgan fingerprint density at radius 1 is 1.10 bits per heavy atom. The second-order valence-corrected chi connectivity index (χ2v) is 6.33. The first-order valence-electron chi connectivity index (χ1n) is 7.99. The molecule has 0 saturated heterocycles. The molecular formula is C20H24O.